The quantitative estimate of drug-likeness (QED) is 0.374. The molecule has 0 amide bonds. The average molecular weight is 327 g/mol. The Morgan fingerprint density at radius 2 is 1.43 bits per heavy atom. The van der Waals surface area contributed by atoms with Gasteiger partial charge in [-0.05, 0) is 13.8 Å². The van der Waals surface area contributed by atoms with Crippen molar-refractivity contribution in [2.24, 2.45) is 0 Å². The molecule has 1 aromatic heterocycles. The molecule has 0 fully saturated rings. The molecule has 126 valence electrons. The van der Waals surface area contributed by atoms with Crippen molar-refractivity contribution in [3.8, 4) is 18.0 Å². The molecule has 0 bridgehead atoms. The molecule has 0 saturated carbocycles. The fourth-order valence-corrected chi connectivity index (χ4v) is 1.27. The molecule has 0 aliphatic rings. The van der Waals surface area contributed by atoms with Crippen molar-refractivity contribution in [3.05, 3.63) is 11.8 Å². The molecule has 10 nitrogen and oxygen atoms in total. The maximum Gasteiger partial charge on any atom is 0.374 e. The first-order valence-corrected chi connectivity index (χ1v) is 6.61. The molecule has 0 aliphatic carbocycles. The van der Waals surface area contributed by atoms with E-state index in [-0.39, 0.29) is 31.2 Å². The molecule has 0 aliphatic heterocycles. The number of nitrogens with zero attached hydrogens (tertiary/aromatic N) is 3. The highest BCUT2D eigenvalue weighted by atomic mass is 16.6. The van der Waals surface area contributed by atoms with E-state index in [2.05, 4.69) is 15.0 Å². The van der Waals surface area contributed by atoms with Gasteiger partial charge in [-0.25, -0.2) is 9.59 Å². The van der Waals surface area contributed by atoms with Gasteiger partial charge in [0.1, 0.15) is 0 Å². The predicted octanol–water partition coefficient (Wildman–Crippen LogP) is 0.278. The summed E-state index contributed by atoms with van der Waals surface area (Å²) < 4.78 is 24.4. The van der Waals surface area contributed by atoms with Gasteiger partial charge in [0, 0.05) is 0 Å². The lowest BCUT2D eigenvalue weighted by Gasteiger charge is -2.09. The third kappa shape index (κ3) is 5.77. The van der Waals surface area contributed by atoms with Crippen LogP contribution in [0.2, 0.25) is 0 Å². The van der Waals surface area contributed by atoms with Crippen molar-refractivity contribution in [2.75, 3.05) is 27.4 Å². The van der Waals surface area contributed by atoms with Gasteiger partial charge in [-0.3, -0.25) is 0 Å². The predicted molar refractivity (Wildman–Crippen MR) is 74.9 cm³/mol. The average Bonchev–Trinajstić information content (AvgIpc) is 2.54. The smallest absolute Gasteiger partial charge is 0.374 e. The Morgan fingerprint density at radius 3 is 1.91 bits per heavy atom. The first-order chi connectivity index (χ1) is 11.0. The van der Waals surface area contributed by atoms with Gasteiger partial charge in [0.05, 0.1) is 33.5 Å². The summed E-state index contributed by atoms with van der Waals surface area (Å²) in [6.07, 6.45) is 0.838. The van der Waals surface area contributed by atoms with Crippen LogP contribution in [0.4, 0.5) is 0 Å². The van der Waals surface area contributed by atoms with Crippen LogP contribution in [0.1, 0.15) is 13.8 Å². The second-order valence-corrected chi connectivity index (χ2v) is 3.67. The molecule has 1 aromatic rings. The maximum absolute atomic E-state index is 11.8. The van der Waals surface area contributed by atoms with Crippen molar-refractivity contribution in [1.82, 2.24) is 15.0 Å². The van der Waals surface area contributed by atoms with Crippen molar-refractivity contribution < 1.29 is 33.3 Å². The number of aromatic nitrogens is 3. The zero-order valence-corrected chi connectivity index (χ0v) is 13.2. The number of hydrogen-bond donors (Lipinski definition) is 0. The number of hydrogen-bond acceptors (Lipinski definition) is 10. The van der Waals surface area contributed by atoms with E-state index in [1.165, 1.54) is 14.2 Å². The van der Waals surface area contributed by atoms with Crippen molar-refractivity contribution >= 4 is 11.9 Å². The highest BCUT2D eigenvalue weighted by molar-refractivity contribution is 5.95. The Bertz CT molecular complexity index is 567. The Hall–Kier alpha value is -2.91. The number of methoxy groups -OCH3 is 2. The Morgan fingerprint density at radius 1 is 0.913 bits per heavy atom. The molecule has 1 heterocycles. The normalized spacial score (nSPS) is 10.7. The van der Waals surface area contributed by atoms with E-state index in [0.29, 0.717) is 0 Å². The zero-order valence-electron chi connectivity index (χ0n) is 13.2. The fourth-order valence-electron chi connectivity index (χ4n) is 1.27. The van der Waals surface area contributed by atoms with Crippen LogP contribution < -0.4 is 14.2 Å². The van der Waals surface area contributed by atoms with E-state index in [9.17, 15) is 9.59 Å². The molecular formula is C13H17N3O7. The first-order valence-electron chi connectivity index (χ1n) is 6.61. The summed E-state index contributed by atoms with van der Waals surface area (Å²) in [7, 11) is 2.67. The third-order valence-corrected chi connectivity index (χ3v) is 2.15. The first kappa shape index (κ1) is 18.1. The molecule has 23 heavy (non-hydrogen) atoms. The zero-order chi connectivity index (χ0) is 17.2. The van der Waals surface area contributed by atoms with E-state index in [0.717, 1.165) is 6.08 Å². The summed E-state index contributed by atoms with van der Waals surface area (Å²) >= 11 is 0. The van der Waals surface area contributed by atoms with E-state index >= 15 is 0 Å². The number of carbonyl (C=O) groups excluding carboxylic acids is 2. The third-order valence-electron chi connectivity index (χ3n) is 2.15. The van der Waals surface area contributed by atoms with E-state index < -0.39 is 17.7 Å². The molecule has 0 spiro atoms. The van der Waals surface area contributed by atoms with Gasteiger partial charge in [-0.15, -0.1) is 15.0 Å². The van der Waals surface area contributed by atoms with Crippen LogP contribution in [-0.2, 0) is 19.1 Å². The molecule has 0 saturated heterocycles. The molecule has 0 aromatic carbocycles. The molecule has 1 rings (SSSR count). The lowest BCUT2D eigenvalue weighted by molar-refractivity contribution is -0.143. The topological polar surface area (TPSA) is 119 Å². The standard InChI is InChI=1S/C13H17N3O7/c1-5-21-9(17)7-8(10(18)22-6-2)23-13-15-11(19-3)14-12(16-13)20-4/h7H,5-6H2,1-4H3/b8-7+. The van der Waals surface area contributed by atoms with Crippen LogP contribution >= 0.6 is 0 Å². The number of carbonyl (C=O) groups is 2. The Kier molecular flexibility index (Phi) is 7.24. The van der Waals surface area contributed by atoms with E-state index in [1.54, 1.807) is 13.8 Å². The van der Waals surface area contributed by atoms with Gasteiger partial charge in [-0.2, -0.15) is 0 Å². The number of ether oxygens (including phenoxy) is 5. The summed E-state index contributed by atoms with van der Waals surface area (Å²) in [4.78, 5) is 34.7. The summed E-state index contributed by atoms with van der Waals surface area (Å²) in [6.45, 7) is 3.46. The molecule has 10 heteroatoms. The minimum atomic E-state index is -0.876. The highest BCUT2D eigenvalue weighted by Crippen LogP contribution is 2.16. The number of esters is 2. The summed E-state index contributed by atoms with van der Waals surface area (Å²) in [5.41, 5.74) is 0. The van der Waals surface area contributed by atoms with Gasteiger partial charge in [0.15, 0.2) is 0 Å². The molecule has 0 N–H and O–H groups in total. The summed E-state index contributed by atoms with van der Waals surface area (Å²) in [5, 5.41) is 0. The van der Waals surface area contributed by atoms with E-state index in [1.807, 2.05) is 0 Å². The second kappa shape index (κ2) is 9.18. The number of rotatable bonds is 8. The van der Waals surface area contributed by atoms with Gasteiger partial charge in [-0.1, -0.05) is 0 Å². The van der Waals surface area contributed by atoms with Crippen LogP contribution in [0.5, 0.6) is 18.0 Å². The van der Waals surface area contributed by atoms with Gasteiger partial charge in [0.25, 0.3) is 0 Å². The molecule has 0 atom stereocenters. The summed E-state index contributed by atoms with van der Waals surface area (Å²) in [6, 6.07) is -0.491. The lowest BCUT2D eigenvalue weighted by atomic mass is 10.4. The van der Waals surface area contributed by atoms with Crippen LogP contribution in [0.3, 0.4) is 0 Å². The summed E-state index contributed by atoms with van der Waals surface area (Å²) in [5.74, 6) is -2.09. The van der Waals surface area contributed by atoms with Crippen LogP contribution in [0, 0.1) is 0 Å². The van der Waals surface area contributed by atoms with Crippen molar-refractivity contribution in [1.29, 1.82) is 0 Å². The van der Waals surface area contributed by atoms with Gasteiger partial charge in [0.2, 0.25) is 5.76 Å². The highest BCUT2D eigenvalue weighted by Gasteiger charge is 2.19. The van der Waals surface area contributed by atoms with Gasteiger partial charge < -0.3 is 23.7 Å². The largest absolute Gasteiger partial charge is 0.467 e. The lowest BCUT2D eigenvalue weighted by Crippen LogP contribution is -2.17. The van der Waals surface area contributed by atoms with Crippen LogP contribution in [0.15, 0.2) is 11.8 Å². The minimum Gasteiger partial charge on any atom is -0.467 e. The second-order valence-electron chi connectivity index (χ2n) is 3.67. The van der Waals surface area contributed by atoms with Crippen LogP contribution in [-0.4, -0.2) is 54.3 Å². The molecule has 0 unspecified atom stereocenters. The van der Waals surface area contributed by atoms with Gasteiger partial charge >= 0.3 is 30.0 Å². The van der Waals surface area contributed by atoms with E-state index in [4.69, 9.17) is 23.7 Å². The van der Waals surface area contributed by atoms with Crippen molar-refractivity contribution in [3.63, 3.8) is 0 Å². The maximum atomic E-state index is 11.8. The Balaban J connectivity index is 3.09. The van der Waals surface area contributed by atoms with Crippen molar-refractivity contribution in [2.45, 2.75) is 13.8 Å². The van der Waals surface area contributed by atoms with Crippen LogP contribution in [0.25, 0.3) is 0 Å². The minimum absolute atomic E-state index is 0.0895. The monoisotopic (exact) mass is 327 g/mol. The Labute approximate surface area is 132 Å². The fraction of sp³-hybridized carbons (Fsp3) is 0.462. The SMILES string of the molecule is CCOC(=O)/C=C(/Oc1nc(OC)nc(OC)n1)C(=O)OCC. The molecule has 0 radical (unpaired) electrons. The molecular weight excluding hydrogens is 310 g/mol.